The second kappa shape index (κ2) is 5.73. The third-order valence-corrected chi connectivity index (χ3v) is 2.26. The number of aromatic nitrogens is 3. The average Bonchev–Trinajstić information content (AvgIpc) is 2.88. The van der Waals surface area contributed by atoms with Crippen LogP contribution >= 0.6 is 0 Å². The van der Waals surface area contributed by atoms with Crippen LogP contribution in [0.1, 0.15) is 6.92 Å². The summed E-state index contributed by atoms with van der Waals surface area (Å²) < 4.78 is 12.0. The summed E-state index contributed by atoms with van der Waals surface area (Å²) in [6.45, 7) is 2.05. The number of hydrogen-bond donors (Lipinski definition) is 0. The molecule has 1 aromatic heterocycles. The predicted octanol–water partition coefficient (Wildman–Crippen LogP) is 1.68. The number of nitrogens with zero attached hydrogens (tertiary/aromatic N) is 3. The molecule has 0 spiro atoms. The summed E-state index contributed by atoms with van der Waals surface area (Å²) in [7, 11) is 1.63. The number of benzene rings is 1. The molecule has 0 atom stereocenters. The first-order valence-corrected chi connectivity index (χ1v) is 5.42. The standard InChI is InChI=1S/C13H13N3O2/c1-3-4-9-18-13-14-10-16(15-13)11-5-7-12(17-2)8-6-11/h5-8,10H,9H2,1-2H3. The second-order valence-electron chi connectivity index (χ2n) is 3.39. The molecule has 0 amide bonds. The molecule has 0 bridgehead atoms. The minimum atomic E-state index is 0.295. The molecule has 0 aliphatic heterocycles. The van der Waals surface area contributed by atoms with Gasteiger partial charge in [0.1, 0.15) is 12.1 Å². The average molecular weight is 243 g/mol. The van der Waals surface area contributed by atoms with Gasteiger partial charge in [0.05, 0.1) is 12.8 Å². The van der Waals surface area contributed by atoms with Gasteiger partial charge in [0.2, 0.25) is 0 Å². The van der Waals surface area contributed by atoms with Gasteiger partial charge in [-0.3, -0.25) is 0 Å². The van der Waals surface area contributed by atoms with E-state index in [1.54, 1.807) is 25.0 Å². The molecule has 0 radical (unpaired) electrons. The molecule has 5 heteroatoms. The Balaban J connectivity index is 2.09. The summed E-state index contributed by atoms with van der Waals surface area (Å²) in [6, 6.07) is 7.82. The Morgan fingerprint density at radius 2 is 2.06 bits per heavy atom. The van der Waals surface area contributed by atoms with E-state index in [2.05, 4.69) is 21.9 Å². The third-order valence-electron chi connectivity index (χ3n) is 2.26. The van der Waals surface area contributed by atoms with Crippen molar-refractivity contribution in [3.8, 4) is 29.3 Å². The lowest BCUT2D eigenvalue weighted by Gasteiger charge is -2.02. The van der Waals surface area contributed by atoms with Crippen LogP contribution in [-0.4, -0.2) is 28.5 Å². The zero-order chi connectivity index (χ0) is 12.8. The van der Waals surface area contributed by atoms with Crippen LogP contribution in [0, 0.1) is 11.8 Å². The second-order valence-corrected chi connectivity index (χ2v) is 3.39. The Morgan fingerprint density at radius 1 is 1.28 bits per heavy atom. The smallest absolute Gasteiger partial charge is 0.336 e. The molecule has 0 saturated heterocycles. The van der Waals surface area contributed by atoms with Crippen LogP contribution in [0.25, 0.3) is 5.69 Å². The first kappa shape index (κ1) is 12.0. The van der Waals surface area contributed by atoms with Gasteiger partial charge in [-0.2, -0.15) is 4.98 Å². The molecule has 2 aromatic rings. The van der Waals surface area contributed by atoms with Crippen molar-refractivity contribution in [3.05, 3.63) is 30.6 Å². The summed E-state index contributed by atoms with van der Waals surface area (Å²) in [4.78, 5) is 4.04. The lowest BCUT2D eigenvalue weighted by molar-refractivity contribution is 0.339. The molecular weight excluding hydrogens is 230 g/mol. The van der Waals surface area contributed by atoms with Crippen molar-refractivity contribution >= 4 is 0 Å². The van der Waals surface area contributed by atoms with Crippen LogP contribution in [0.15, 0.2) is 30.6 Å². The fraction of sp³-hybridized carbons (Fsp3) is 0.231. The monoisotopic (exact) mass is 243 g/mol. The van der Waals surface area contributed by atoms with Gasteiger partial charge < -0.3 is 9.47 Å². The van der Waals surface area contributed by atoms with Crippen molar-refractivity contribution in [2.24, 2.45) is 0 Å². The predicted molar refractivity (Wildman–Crippen MR) is 66.9 cm³/mol. The van der Waals surface area contributed by atoms with Crippen molar-refractivity contribution in [2.45, 2.75) is 6.92 Å². The third kappa shape index (κ3) is 2.80. The van der Waals surface area contributed by atoms with Crippen molar-refractivity contribution in [3.63, 3.8) is 0 Å². The van der Waals surface area contributed by atoms with Crippen LogP contribution in [0.4, 0.5) is 0 Å². The minimum absolute atomic E-state index is 0.295. The molecule has 0 fully saturated rings. The van der Waals surface area contributed by atoms with Gasteiger partial charge in [-0.1, -0.05) is 5.92 Å². The zero-order valence-electron chi connectivity index (χ0n) is 10.3. The number of ether oxygens (including phenoxy) is 2. The van der Waals surface area contributed by atoms with Gasteiger partial charge in [-0.05, 0) is 31.2 Å². The van der Waals surface area contributed by atoms with Crippen LogP contribution in [0.3, 0.4) is 0 Å². The molecule has 5 nitrogen and oxygen atoms in total. The first-order valence-electron chi connectivity index (χ1n) is 5.42. The van der Waals surface area contributed by atoms with Gasteiger partial charge in [0.25, 0.3) is 0 Å². The molecule has 0 aliphatic rings. The molecule has 0 N–H and O–H groups in total. The fourth-order valence-electron chi connectivity index (χ4n) is 1.35. The normalized spacial score (nSPS) is 9.44. The molecule has 18 heavy (non-hydrogen) atoms. The van der Waals surface area contributed by atoms with Gasteiger partial charge in [0.15, 0.2) is 6.61 Å². The van der Waals surface area contributed by atoms with E-state index in [1.807, 2.05) is 24.3 Å². The molecule has 0 unspecified atom stereocenters. The Bertz CT molecular complexity index is 564. The van der Waals surface area contributed by atoms with Gasteiger partial charge >= 0.3 is 6.01 Å². The van der Waals surface area contributed by atoms with Crippen molar-refractivity contribution in [2.75, 3.05) is 13.7 Å². The van der Waals surface area contributed by atoms with Crippen molar-refractivity contribution < 1.29 is 9.47 Å². The minimum Gasteiger partial charge on any atom is -0.497 e. The van der Waals surface area contributed by atoms with Crippen LogP contribution < -0.4 is 9.47 Å². The maximum atomic E-state index is 5.25. The van der Waals surface area contributed by atoms with E-state index in [0.29, 0.717) is 12.6 Å². The SMILES string of the molecule is CC#CCOc1ncn(-c2ccc(OC)cc2)n1. The van der Waals surface area contributed by atoms with E-state index in [1.165, 1.54) is 0 Å². The highest BCUT2D eigenvalue weighted by atomic mass is 16.5. The summed E-state index contributed by atoms with van der Waals surface area (Å²) in [6.07, 6.45) is 1.59. The van der Waals surface area contributed by atoms with E-state index in [4.69, 9.17) is 9.47 Å². The summed E-state index contributed by atoms with van der Waals surface area (Å²) in [5, 5.41) is 4.18. The molecule has 1 heterocycles. The molecular formula is C13H13N3O2. The molecule has 1 aromatic carbocycles. The van der Waals surface area contributed by atoms with Gasteiger partial charge in [-0.25, -0.2) is 4.68 Å². The maximum Gasteiger partial charge on any atom is 0.336 e. The number of methoxy groups -OCH3 is 1. The van der Waals surface area contributed by atoms with Gasteiger partial charge in [-0.15, -0.1) is 11.0 Å². The van der Waals surface area contributed by atoms with E-state index in [9.17, 15) is 0 Å². The van der Waals surface area contributed by atoms with E-state index in [0.717, 1.165) is 11.4 Å². The maximum absolute atomic E-state index is 5.25. The largest absolute Gasteiger partial charge is 0.497 e. The fourth-order valence-corrected chi connectivity index (χ4v) is 1.35. The number of rotatable bonds is 4. The van der Waals surface area contributed by atoms with Crippen LogP contribution in [0.5, 0.6) is 11.8 Å². The summed E-state index contributed by atoms with van der Waals surface area (Å²) in [5.41, 5.74) is 0.889. The molecule has 2 rings (SSSR count). The quantitative estimate of drug-likeness (QED) is 0.766. The topological polar surface area (TPSA) is 49.2 Å². The molecule has 92 valence electrons. The molecule has 0 saturated carbocycles. The lowest BCUT2D eigenvalue weighted by atomic mass is 10.3. The lowest BCUT2D eigenvalue weighted by Crippen LogP contribution is -1.98. The highest BCUT2D eigenvalue weighted by molar-refractivity contribution is 5.36. The zero-order valence-corrected chi connectivity index (χ0v) is 10.3. The Labute approximate surface area is 105 Å². The molecule has 0 aliphatic carbocycles. The van der Waals surface area contributed by atoms with Crippen LogP contribution in [0.2, 0.25) is 0 Å². The van der Waals surface area contributed by atoms with Gasteiger partial charge in [0, 0.05) is 0 Å². The Kier molecular flexibility index (Phi) is 3.82. The van der Waals surface area contributed by atoms with E-state index >= 15 is 0 Å². The van der Waals surface area contributed by atoms with E-state index in [-0.39, 0.29) is 0 Å². The van der Waals surface area contributed by atoms with E-state index < -0.39 is 0 Å². The Hall–Kier alpha value is -2.48. The summed E-state index contributed by atoms with van der Waals surface area (Å²) in [5.74, 6) is 6.32. The highest BCUT2D eigenvalue weighted by Gasteiger charge is 2.03. The first-order chi connectivity index (χ1) is 8.83. The highest BCUT2D eigenvalue weighted by Crippen LogP contribution is 2.14. The van der Waals surface area contributed by atoms with Crippen LogP contribution in [-0.2, 0) is 0 Å². The number of hydrogen-bond acceptors (Lipinski definition) is 4. The Morgan fingerprint density at radius 3 is 2.72 bits per heavy atom. The van der Waals surface area contributed by atoms with Crippen molar-refractivity contribution in [1.82, 2.24) is 14.8 Å². The van der Waals surface area contributed by atoms with Crippen molar-refractivity contribution in [1.29, 1.82) is 0 Å². The summed E-state index contributed by atoms with van der Waals surface area (Å²) >= 11 is 0.